The van der Waals surface area contributed by atoms with E-state index in [0.717, 1.165) is 48.2 Å². The molecule has 1 heterocycles. The first-order valence-corrected chi connectivity index (χ1v) is 9.33. The highest BCUT2D eigenvalue weighted by Crippen LogP contribution is 2.28. The molecule has 0 bridgehead atoms. The number of aromatic nitrogens is 1. The van der Waals surface area contributed by atoms with Gasteiger partial charge in [-0.15, -0.1) is 0 Å². The first-order valence-electron chi connectivity index (χ1n) is 9.33. The molecule has 2 N–H and O–H groups in total. The van der Waals surface area contributed by atoms with Crippen LogP contribution in [0, 0.1) is 6.92 Å². The quantitative estimate of drug-likeness (QED) is 0.403. The number of aryl methyl sites for hydroxylation is 2. The lowest BCUT2D eigenvalue weighted by molar-refractivity contribution is 0.310. The Balaban J connectivity index is 1.77. The van der Waals surface area contributed by atoms with E-state index in [1.807, 2.05) is 38.1 Å². The van der Waals surface area contributed by atoms with Crippen molar-refractivity contribution >= 4 is 5.96 Å². The van der Waals surface area contributed by atoms with Gasteiger partial charge in [0, 0.05) is 19.3 Å². The second-order valence-electron chi connectivity index (χ2n) is 6.14. The summed E-state index contributed by atoms with van der Waals surface area (Å²) in [5.41, 5.74) is 3.25. The molecule has 0 aliphatic heterocycles. The lowest BCUT2D eigenvalue weighted by atomic mass is 10.1. The van der Waals surface area contributed by atoms with Crippen molar-refractivity contribution in [2.75, 3.05) is 27.3 Å². The van der Waals surface area contributed by atoms with Crippen molar-refractivity contribution in [2.24, 2.45) is 4.99 Å². The number of guanidine groups is 1. The Hall–Kier alpha value is -2.76. The van der Waals surface area contributed by atoms with Gasteiger partial charge in [-0.25, -0.2) is 0 Å². The zero-order valence-corrected chi connectivity index (χ0v) is 16.7. The fourth-order valence-corrected chi connectivity index (χ4v) is 2.74. The Morgan fingerprint density at radius 2 is 2.00 bits per heavy atom. The van der Waals surface area contributed by atoms with E-state index in [1.54, 1.807) is 14.2 Å². The van der Waals surface area contributed by atoms with Crippen LogP contribution in [0.1, 0.15) is 30.3 Å². The summed E-state index contributed by atoms with van der Waals surface area (Å²) >= 11 is 0. The van der Waals surface area contributed by atoms with Gasteiger partial charge in [-0.1, -0.05) is 12.1 Å². The first kappa shape index (κ1) is 20.6. The van der Waals surface area contributed by atoms with Crippen LogP contribution in [-0.2, 0) is 13.0 Å². The Kier molecular flexibility index (Phi) is 8.42. The molecular formula is C21H30N4O2. The predicted octanol–water partition coefficient (Wildman–Crippen LogP) is 3.10. The van der Waals surface area contributed by atoms with E-state index in [4.69, 9.17) is 9.47 Å². The van der Waals surface area contributed by atoms with Crippen molar-refractivity contribution < 1.29 is 9.47 Å². The van der Waals surface area contributed by atoms with Crippen molar-refractivity contribution in [3.05, 3.63) is 53.3 Å². The maximum absolute atomic E-state index is 5.64. The maximum atomic E-state index is 5.64. The zero-order chi connectivity index (χ0) is 19.5. The van der Waals surface area contributed by atoms with Gasteiger partial charge in [0.05, 0.1) is 26.0 Å². The molecule has 0 atom stereocenters. The van der Waals surface area contributed by atoms with Crippen LogP contribution in [-0.4, -0.2) is 38.3 Å². The molecule has 6 nitrogen and oxygen atoms in total. The molecular weight excluding hydrogens is 340 g/mol. The molecule has 0 saturated heterocycles. The topological polar surface area (TPSA) is 67.8 Å². The molecule has 2 aromatic rings. The van der Waals surface area contributed by atoms with Crippen molar-refractivity contribution in [1.82, 2.24) is 15.6 Å². The number of nitrogens with zero attached hydrogens (tertiary/aromatic N) is 2. The Labute approximate surface area is 162 Å². The van der Waals surface area contributed by atoms with Gasteiger partial charge in [-0.3, -0.25) is 9.98 Å². The fraction of sp³-hybridized carbons (Fsp3) is 0.429. The van der Waals surface area contributed by atoms with Gasteiger partial charge in [0.1, 0.15) is 0 Å². The third-order valence-corrected chi connectivity index (χ3v) is 4.07. The van der Waals surface area contributed by atoms with Crippen molar-refractivity contribution in [2.45, 2.75) is 33.2 Å². The van der Waals surface area contributed by atoms with Gasteiger partial charge in [-0.2, -0.15) is 0 Å². The zero-order valence-electron chi connectivity index (χ0n) is 16.7. The molecule has 146 valence electrons. The number of hydrogen-bond acceptors (Lipinski definition) is 4. The Bertz CT molecular complexity index is 747. The highest BCUT2D eigenvalue weighted by Gasteiger charge is 2.05. The highest BCUT2D eigenvalue weighted by atomic mass is 16.5. The van der Waals surface area contributed by atoms with Crippen LogP contribution in [0.3, 0.4) is 0 Å². The summed E-state index contributed by atoms with van der Waals surface area (Å²) < 4.78 is 11.0. The van der Waals surface area contributed by atoms with Gasteiger partial charge in [0.25, 0.3) is 0 Å². The number of hydrogen-bond donors (Lipinski definition) is 2. The summed E-state index contributed by atoms with van der Waals surface area (Å²) in [6, 6.07) is 12.1. The third kappa shape index (κ3) is 6.81. The van der Waals surface area contributed by atoms with Crippen molar-refractivity contribution in [3.63, 3.8) is 0 Å². The van der Waals surface area contributed by atoms with Gasteiger partial charge in [-0.05, 0) is 56.5 Å². The van der Waals surface area contributed by atoms with Gasteiger partial charge < -0.3 is 20.1 Å². The van der Waals surface area contributed by atoms with Crippen LogP contribution in [0.15, 0.2) is 41.4 Å². The molecule has 0 aliphatic carbocycles. The Morgan fingerprint density at radius 1 is 1.15 bits per heavy atom. The van der Waals surface area contributed by atoms with E-state index in [9.17, 15) is 0 Å². The van der Waals surface area contributed by atoms with Crippen molar-refractivity contribution in [3.8, 4) is 11.5 Å². The van der Waals surface area contributed by atoms with E-state index in [0.29, 0.717) is 13.2 Å². The maximum Gasteiger partial charge on any atom is 0.191 e. The number of pyridine rings is 1. The minimum Gasteiger partial charge on any atom is -0.493 e. The number of methoxy groups -OCH3 is 1. The van der Waals surface area contributed by atoms with Gasteiger partial charge >= 0.3 is 0 Å². The van der Waals surface area contributed by atoms with E-state index < -0.39 is 0 Å². The standard InChI is InChI=1S/C21H30N4O2/c1-5-27-20-14-17(11-12-19(20)26-4)9-7-13-23-21(22-3)24-15-18-10-6-8-16(2)25-18/h6,8,10-12,14H,5,7,9,13,15H2,1-4H3,(H2,22,23,24). The molecule has 0 saturated carbocycles. The summed E-state index contributed by atoms with van der Waals surface area (Å²) in [5.74, 6) is 2.35. The largest absolute Gasteiger partial charge is 0.493 e. The number of benzene rings is 1. The van der Waals surface area contributed by atoms with Crippen LogP contribution in [0.2, 0.25) is 0 Å². The van der Waals surface area contributed by atoms with Crippen molar-refractivity contribution in [1.29, 1.82) is 0 Å². The molecule has 0 unspecified atom stereocenters. The number of aliphatic imine (C=N–C) groups is 1. The number of ether oxygens (including phenoxy) is 2. The van der Waals surface area contributed by atoms with Crippen LogP contribution >= 0.6 is 0 Å². The molecule has 27 heavy (non-hydrogen) atoms. The molecule has 0 spiro atoms. The van der Waals surface area contributed by atoms with E-state index >= 15 is 0 Å². The average molecular weight is 370 g/mol. The van der Waals surface area contributed by atoms with Crippen LogP contribution < -0.4 is 20.1 Å². The summed E-state index contributed by atoms with van der Waals surface area (Å²) in [6.07, 6.45) is 1.94. The predicted molar refractivity (Wildman–Crippen MR) is 110 cm³/mol. The smallest absolute Gasteiger partial charge is 0.191 e. The molecule has 6 heteroatoms. The fourth-order valence-electron chi connectivity index (χ4n) is 2.74. The van der Waals surface area contributed by atoms with E-state index in [-0.39, 0.29) is 0 Å². The molecule has 0 aliphatic rings. The molecule has 0 radical (unpaired) electrons. The third-order valence-electron chi connectivity index (χ3n) is 4.07. The van der Waals surface area contributed by atoms with Crippen LogP contribution in [0.25, 0.3) is 0 Å². The monoisotopic (exact) mass is 370 g/mol. The van der Waals surface area contributed by atoms with Crippen LogP contribution in [0.5, 0.6) is 11.5 Å². The van der Waals surface area contributed by atoms with E-state index in [2.05, 4.69) is 32.7 Å². The molecule has 1 aromatic carbocycles. The number of nitrogens with one attached hydrogen (secondary N) is 2. The van der Waals surface area contributed by atoms with E-state index in [1.165, 1.54) is 5.56 Å². The normalized spacial score (nSPS) is 11.2. The summed E-state index contributed by atoms with van der Waals surface area (Å²) in [7, 11) is 3.43. The van der Waals surface area contributed by atoms with Gasteiger partial charge in [0.15, 0.2) is 17.5 Å². The summed E-state index contributed by atoms with van der Waals surface area (Å²) in [4.78, 5) is 8.75. The molecule has 0 amide bonds. The average Bonchev–Trinajstić information content (AvgIpc) is 2.68. The number of rotatable bonds is 9. The lowest BCUT2D eigenvalue weighted by Gasteiger charge is -2.13. The lowest BCUT2D eigenvalue weighted by Crippen LogP contribution is -2.37. The second kappa shape index (κ2) is 11.1. The molecule has 1 aromatic heterocycles. The second-order valence-corrected chi connectivity index (χ2v) is 6.14. The Morgan fingerprint density at radius 3 is 2.70 bits per heavy atom. The van der Waals surface area contributed by atoms with Gasteiger partial charge in [0.2, 0.25) is 0 Å². The minimum absolute atomic E-state index is 0.624. The first-order chi connectivity index (χ1) is 13.2. The summed E-state index contributed by atoms with van der Waals surface area (Å²) in [6.45, 7) is 6.07. The summed E-state index contributed by atoms with van der Waals surface area (Å²) in [5, 5.41) is 6.63. The molecule has 0 fully saturated rings. The highest BCUT2D eigenvalue weighted by molar-refractivity contribution is 5.79. The minimum atomic E-state index is 0.624. The molecule has 2 rings (SSSR count). The SMILES string of the molecule is CCOc1cc(CCCNC(=NC)NCc2cccc(C)n2)ccc1OC. The van der Waals surface area contributed by atoms with Crippen LogP contribution in [0.4, 0.5) is 0 Å².